The van der Waals surface area contributed by atoms with Crippen molar-refractivity contribution < 1.29 is 5.11 Å². The van der Waals surface area contributed by atoms with Gasteiger partial charge in [-0.1, -0.05) is 41.9 Å². The van der Waals surface area contributed by atoms with Gasteiger partial charge >= 0.3 is 0 Å². The van der Waals surface area contributed by atoms with Crippen LogP contribution in [-0.2, 0) is 6.42 Å². The second-order valence-corrected chi connectivity index (χ2v) is 5.15. The van der Waals surface area contributed by atoms with Crippen molar-refractivity contribution in [1.29, 1.82) is 5.26 Å². The van der Waals surface area contributed by atoms with Gasteiger partial charge in [0.05, 0.1) is 6.10 Å². The zero-order valence-electron chi connectivity index (χ0n) is 10.0. The summed E-state index contributed by atoms with van der Waals surface area (Å²) in [5, 5.41) is 22.7. The normalized spacial score (nSPS) is 11.8. The van der Waals surface area contributed by atoms with E-state index in [1.54, 1.807) is 0 Å². The van der Waals surface area contributed by atoms with E-state index in [0.29, 0.717) is 23.5 Å². The molecule has 1 atom stereocenters. The molecule has 2 rings (SSSR count). The number of hydrogen-bond donors (Lipinski definition) is 2. The summed E-state index contributed by atoms with van der Waals surface area (Å²) in [5.41, 5.74) is 1.40. The molecule has 0 aliphatic heterocycles. The van der Waals surface area contributed by atoms with Gasteiger partial charge in [-0.3, -0.25) is 0 Å². The number of nitriles is 1. The standard InChI is InChI=1S/C13H12ClN3OS/c14-12-11(7-15)13(19-17-12)16-8-10(18)6-9-4-2-1-3-5-9/h1-5,10,16,18H,6,8H2. The zero-order chi connectivity index (χ0) is 13.7. The Morgan fingerprint density at radius 3 is 2.84 bits per heavy atom. The number of nitrogens with one attached hydrogen (secondary N) is 1. The molecule has 1 heterocycles. The van der Waals surface area contributed by atoms with E-state index in [1.807, 2.05) is 36.4 Å². The molecular weight excluding hydrogens is 282 g/mol. The Bertz CT molecular complexity index is 579. The highest BCUT2D eigenvalue weighted by molar-refractivity contribution is 7.10. The molecule has 0 saturated heterocycles. The summed E-state index contributed by atoms with van der Waals surface area (Å²) in [5.74, 6) is 0. The van der Waals surface area contributed by atoms with Crippen molar-refractivity contribution in [2.24, 2.45) is 0 Å². The fraction of sp³-hybridized carbons (Fsp3) is 0.231. The van der Waals surface area contributed by atoms with Crippen LogP contribution in [0.2, 0.25) is 5.15 Å². The minimum Gasteiger partial charge on any atom is -0.391 e. The second-order valence-electron chi connectivity index (χ2n) is 4.01. The van der Waals surface area contributed by atoms with Gasteiger partial charge in [-0.05, 0) is 17.1 Å². The predicted molar refractivity (Wildman–Crippen MR) is 76.5 cm³/mol. The lowest BCUT2D eigenvalue weighted by Gasteiger charge is -2.11. The smallest absolute Gasteiger partial charge is 0.162 e. The molecule has 19 heavy (non-hydrogen) atoms. The molecule has 0 saturated carbocycles. The first kappa shape index (κ1) is 13.8. The van der Waals surface area contributed by atoms with Gasteiger partial charge in [0, 0.05) is 13.0 Å². The molecule has 98 valence electrons. The third kappa shape index (κ3) is 3.67. The van der Waals surface area contributed by atoms with E-state index in [-0.39, 0.29) is 5.15 Å². The maximum Gasteiger partial charge on any atom is 0.162 e. The Morgan fingerprint density at radius 1 is 1.42 bits per heavy atom. The molecule has 0 radical (unpaired) electrons. The van der Waals surface area contributed by atoms with Gasteiger partial charge in [0.1, 0.15) is 16.6 Å². The number of aliphatic hydroxyl groups excluding tert-OH is 1. The van der Waals surface area contributed by atoms with Crippen LogP contribution in [0.1, 0.15) is 11.1 Å². The number of aliphatic hydroxyl groups is 1. The quantitative estimate of drug-likeness (QED) is 0.889. The van der Waals surface area contributed by atoms with Crippen molar-refractivity contribution in [3.63, 3.8) is 0 Å². The lowest BCUT2D eigenvalue weighted by molar-refractivity contribution is 0.188. The van der Waals surface area contributed by atoms with Crippen molar-refractivity contribution in [3.05, 3.63) is 46.6 Å². The maximum atomic E-state index is 9.94. The van der Waals surface area contributed by atoms with E-state index in [9.17, 15) is 5.11 Å². The molecular formula is C13H12ClN3OS. The van der Waals surface area contributed by atoms with Gasteiger partial charge in [0.15, 0.2) is 5.15 Å². The Balaban J connectivity index is 1.90. The highest BCUT2D eigenvalue weighted by Gasteiger charge is 2.13. The molecule has 0 aliphatic carbocycles. The maximum absolute atomic E-state index is 9.94. The average molecular weight is 294 g/mol. The number of aromatic nitrogens is 1. The van der Waals surface area contributed by atoms with Crippen molar-refractivity contribution in [1.82, 2.24) is 4.37 Å². The van der Waals surface area contributed by atoms with Gasteiger partial charge in [-0.2, -0.15) is 9.64 Å². The van der Waals surface area contributed by atoms with Crippen molar-refractivity contribution in [3.8, 4) is 6.07 Å². The van der Waals surface area contributed by atoms with E-state index in [1.165, 1.54) is 0 Å². The molecule has 0 fully saturated rings. The highest BCUT2D eigenvalue weighted by atomic mass is 35.5. The van der Waals surface area contributed by atoms with Crippen molar-refractivity contribution >= 4 is 28.1 Å². The van der Waals surface area contributed by atoms with E-state index in [4.69, 9.17) is 16.9 Å². The van der Waals surface area contributed by atoms with Crippen LogP contribution in [0.5, 0.6) is 0 Å². The lowest BCUT2D eigenvalue weighted by atomic mass is 10.1. The summed E-state index contributed by atoms with van der Waals surface area (Å²) < 4.78 is 3.89. The third-order valence-electron chi connectivity index (χ3n) is 2.57. The van der Waals surface area contributed by atoms with Crippen LogP contribution in [-0.4, -0.2) is 22.1 Å². The van der Waals surface area contributed by atoms with Crippen LogP contribution in [0.15, 0.2) is 30.3 Å². The summed E-state index contributed by atoms with van der Waals surface area (Å²) in [6.45, 7) is 0.349. The zero-order valence-corrected chi connectivity index (χ0v) is 11.6. The van der Waals surface area contributed by atoms with Crippen LogP contribution in [0.25, 0.3) is 0 Å². The molecule has 1 unspecified atom stereocenters. The molecule has 0 spiro atoms. The minimum atomic E-state index is -0.533. The van der Waals surface area contributed by atoms with Gasteiger partial charge in [-0.15, -0.1) is 0 Å². The third-order valence-corrected chi connectivity index (χ3v) is 3.75. The number of hydrogen-bond acceptors (Lipinski definition) is 5. The van der Waals surface area contributed by atoms with Gasteiger partial charge in [-0.25, -0.2) is 0 Å². The first-order chi connectivity index (χ1) is 9.20. The molecule has 2 N–H and O–H groups in total. The van der Waals surface area contributed by atoms with Crippen LogP contribution < -0.4 is 5.32 Å². The van der Waals surface area contributed by atoms with Crippen LogP contribution in [0.3, 0.4) is 0 Å². The number of benzene rings is 1. The predicted octanol–water partition coefficient (Wildman–Crippen LogP) is 2.68. The van der Waals surface area contributed by atoms with Gasteiger partial charge < -0.3 is 10.4 Å². The van der Waals surface area contributed by atoms with E-state index >= 15 is 0 Å². The molecule has 4 nitrogen and oxygen atoms in total. The Kier molecular flexibility index (Phi) is 4.74. The fourth-order valence-electron chi connectivity index (χ4n) is 1.66. The average Bonchev–Trinajstić information content (AvgIpc) is 2.78. The topological polar surface area (TPSA) is 68.9 Å². The van der Waals surface area contributed by atoms with Gasteiger partial charge in [0.25, 0.3) is 0 Å². The molecule has 1 aromatic carbocycles. The van der Waals surface area contributed by atoms with E-state index < -0.39 is 6.10 Å². The van der Waals surface area contributed by atoms with Crippen molar-refractivity contribution in [2.75, 3.05) is 11.9 Å². The van der Waals surface area contributed by atoms with Crippen LogP contribution in [0.4, 0.5) is 5.00 Å². The van der Waals surface area contributed by atoms with Crippen LogP contribution in [0, 0.1) is 11.3 Å². The van der Waals surface area contributed by atoms with E-state index in [0.717, 1.165) is 17.1 Å². The summed E-state index contributed by atoms with van der Waals surface area (Å²) in [6, 6.07) is 11.7. The highest BCUT2D eigenvalue weighted by Crippen LogP contribution is 2.27. The monoisotopic (exact) mass is 293 g/mol. The molecule has 0 bridgehead atoms. The summed E-state index contributed by atoms with van der Waals surface area (Å²) in [4.78, 5) is 0. The Labute approximate surface area is 120 Å². The Hall–Kier alpha value is -1.61. The summed E-state index contributed by atoms with van der Waals surface area (Å²) >= 11 is 6.89. The number of anilines is 1. The first-order valence-electron chi connectivity index (χ1n) is 5.72. The first-order valence-corrected chi connectivity index (χ1v) is 6.87. The summed E-state index contributed by atoms with van der Waals surface area (Å²) in [6.07, 6.45) is 0.0252. The summed E-state index contributed by atoms with van der Waals surface area (Å²) in [7, 11) is 0. The SMILES string of the molecule is N#Cc1c(Cl)nsc1NCC(O)Cc1ccccc1. The Morgan fingerprint density at radius 2 is 2.16 bits per heavy atom. The molecule has 2 aromatic rings. The molecule has 6 heteroatoms. The fourth-order valence-corrected chi connectivity index (χ4v) is 2.60. The molecule has 1 aromatic heterocycles. The number of rotatable bonds is 5. The van der Waals surface area contributed by atoms with Crippen molar-refractivity contribution in [2.45, 2.75) is 12.5 Å². The minimum absolute atomic E-state index is 0.201. The number of nitrogens with zero attached hydrogens (tertiary/aromatic N) is 2. The molecule has 0 amide bonds. The second kappa shape index (κ2) is 6.53. The van der Waals surface area contributed by atoms with E-state index in [2.05, 4.69) is 9.69 Å². The van der Waals surface area contributed by atoms with Gasteiger partial charge in [0.2, 0.25) is 0 Å². The lowest BCUT2D eigenvalue weighted by Crippen LogP contribution is -2.21. The largest absolute Gasteiger partial charge is 0.391 e. The molecule has 0 aliphatic rings. The number of halogens is 1. The van der Waals surface area contributed by atoms with Crippen LogP contribution >= 0.6 is 23.1 Å².